The van der Waals surface area contributed by atoms with E-state index in [1.165, 1.54) is 24.3 Å². The van der Waals surface area contributed by atoms with Gasteiger partial charge in [-0.15, -0.1) is 5.10 Å². The van der Waals surface area contributed by atoms with Gasteiger partial charge >= 0.3 is 12.0 Å². The molecular formula is C19H13BrFN3O4. The largest absolute Gasteiger partial charge is 0.452 e. The van der Waals surface area contributed by atoms with Gasteiger partial charge in [-0.1, -0.05) is 39.2 Å². The van der Waals surface area contributed by atoms with Crippen molar-refractivity contribution >= 4 is 39.9 Å². The first kappa shape index (κ1) is 19.4. The minimum atomic E-state index is -0.801. The minimum absolute atomic E-state index is 0.119. The van der Waals surface area contributed by atoms with Crippen molar-refractivity contribution in [2.45, 2.75) is 0 Å². The molecule has 1 N–H and O–H groups in total. The number of esters is 1. The number of nitrogens with one attached hydrogen (secondary N) is 1. The number of aromatic nitrogens is 2. The first-order chi connectivity index (χ1) is 13.5. The average molecular weight is 446 g/mol. The first-order valence-corrected chi connectivity index (χ1v) is 8.79. The van der Waals surface area contributed by atoms with Crippen LogP contribution in [0.2, 0.25) is 0 Å². The van der Waals surface area contributed by atoms with E-state index in [4.69, 9.17) is 9.15 Å². The molecule has 3 aromatic rings. The zero-order valence-electron chi connectivity index (χ0n) is 14.3. The van der Waals surface area contributed by atoms with Crippen LogP contribution in [-0.2, 0) is 14.3 Å². The van der Waals surface area contributed by atoms with Gasteiger partial charge in [-0.3, -0.25) is 10.1 Å². The molecule has 0 saturated carbocycles. The molecule has 0 unspecified atom stereocenters. The Bertz CT molecular complexity index is 1020. The Hall–Kier alpha value is -3.33. The quantitative estimate of drug-likeness (QED) is 0.457. The number of carbonyl (C=O) groups excluding carboxylic acids is 2. The summed E-state index contributed by atoms with van der Waals surface area (Å²) < 4.78 is 24.4. The molecule has 0 aliphatic carbocycles. The second kappa shape index (κ2) is 9.05. The second-order valence-electron chi connectivity index (χ2n) is 5.43. The summed E-state index contributed by atoms with van der Waals surface area (Å²) in [5, 5.41) is 9.86. The van der Waals surface area contributed by atoms with Gasteiger partial charge in [-0.25, -0.2) is 9.18 Å². The predicted octanol–water partition coefficient (Wildman–Crippen LogP) is 3.83. The van der Waals surface area contributed by atoms with Crippen molar-refractivity contribution < 1.29 is 23.1 Å². The third-order valence-corrected chi connectivity index (χ3v) is 3.89. The SMILES string of the molecule is O=C(COC(=O)/C=C/c1cc(Br)ccc1F)Nc1nnc(-c2ccccc2)o1. The summed E-state index contributed by atoms with van der Waals surface area (Å²) >= 11 is 3.21. The molecule has 0 fully saturated rings. The van der Waals surface area contributed by atoms with Gasteiger partial charge in [-0.2, -0.15) is 0 Å². The monoisotopic (exact) mass is 445 g/mol. The Balaban J connectivity index is 1.50. The van der Waals surface area contributed by atoms with Crippen LogP contribution in [0.25, 0.3) is 17.5 Å². The van der Waals surface area contributed by atoms with Gasteiger partial charge in [0.05, 0.1) is 0 Å². The van der Waals surface area contributed by atoms with Crippen molar-refractivity contribution in [1.29, 1.82) is 0 Å². The highest BCUT2D eigenvalue weighted by molar-refractivity contribution is 9.10. The van der Waals surface area contributed by atoms with Crippen LogP contribution in [0, 0.1) is 5.82 Å². The van der Waals surface area contributed by atoms with E-state index in [9.17, 15) is 14.0 Å². The number of amides is 1. The lowest BCUT2D eigenvalue weighted by atomic mass is 10.2. The maximum atomic E-state index is 13.6. The van der Waals surface area contributed by atoms with Crippen molar-refractivity contribution in [2.24, 2.45) is 0 Å². The van der Waals surface area contributed by atoms with Crippen LogP contribution in [0.15, 0.2) is 63.5 Å². The molecular weight excluding hydrogens is 433 g/mol. The number of ether oxygens (including phenoxy) is 1. The van der Waals surface area contributed by atoms with Gasteiger partial charge in [0.1, 0.15) is 5.82 Å². The summed E-state index contributed by atoms with van der Waals surface area (Å²) in [6.45, 7) is -0.562. The Morgan fingerprint density at radius 3 is 2.75 bits per heavy atom. The molecule has 7 nitrogen and oxygen atoms in total. The Morgan fingerprint density at radius 1 is 1.18 bits per heavy atom. The van der Waals surface area contributed by atoms with Crippen LogP contribution in [0.4, 0.5) is 10.4 Å². The van der Waals surface area contributed by atoms with E-state index in [0.717, 1.165) is 6.08 Å². The second-order valence-corrected chi connectivity index (χ2v) is 6.35. The van der Waals surface area contributed by atoms with Gasteiger partial charge in [0.15, 0.2) is 6.61 Å². The van der Waals surface area contributed by atoms with E-state index in [2.05, 4.69) is 31.4 Å². The zero-order chi connectivity index (χ0) is 19.9. The summed E-state index contributed by atoms with van der Waals surface area (Å²) in [6.07, 6.45) is 2.28. The normalized spacial score (nSPS) is 10.8. The molecule has 9 heteroatoms. The maximum Gasteiger partial charge on any atom is 0.331 e. The molecule has 0 atom stereocenters. The smallest absolute Gasteiger partial charge is 0.331 e. The highest BCUT2D eigenvalue weighted by Gasteiger charge is 2.12. The van der Waals surface area contributed by atoms with E-state index in [1.807, 2.05) is 18.2 Å². The Morgan fingerprint density at radius 2 is 1.96 bits per heavy atom. The lowest BCUT2D eigenvalue weighted by Gasteiger charge is -2.01. The van der Waals surface area contributed by atoms with Gasteiger partial charge < -0.3 is 9.15 Å². The number of hydrogen-bond donors (Lipinski definition) is 1. The predicted molar refractivity (Wildman–Crippen MR) is 102 cm³/mol. The fourth-order valence-electron chi connectivity index (χ4n) is 2.11. The number of halogens is 2. The van der Waals surface area contributed by atoms with Crippen LogP contribution >= 0.6 is 15.9 Å². The topological polar surface area (TPSA) is 94.3 Å². The van der Waals surface area contributed by atoms with Crippen LogP contribution in [0.1, 0.15) is 5.56 Å². The highest BCUT2D eigenvalue weighted by atomic mass is 79.9. The molecule has 1 aromatic heterocycles. The molecule has 3 rings (SSSR count). The van der Waals surface area contributed by atoms with E-state index in [-0.39, 0.29) is 17.5 Å². The van der Waals surface area contributed by atoms with Crippen molar-refractivity contribution in [1.82, 2.24) is 10.2 Å². The molecule has 142 valence electrons. The van der Waals surface area contributed by atoms with Gasteiger partial charge in [0.2, 0.25) is 5.89 Å². The standard InChI is InChI=1S/C19H13BrFN3O4/c20-14-7-8-15(21)13(10-14)6-9-17(26)27-11-16(25)22-19-24-23-18(28-19)12-4-2-1-3-5-12/h1-10H,11H2,(H,22,24,25)/b9-6+. The van der Waals surface area contributed by atoms with Crippen molar-refractivity contribution in [2.75, 3.05) is 11.9 Å². The summed E-state index contributed by atoms with van der Waals surface area (Å²) in [7, 11) is 0. The molecule has 0 bridgehead atoms. The molecule has 2 aromatic carbocycles. The Kier molecular flexibility index (Phi) is 6.28. The fourth-order valence-corrected chi connectivity index (χ4v) is 2.49. The van der Waals surface area contributed by atoms with Crippen LogP contribution in [0.3, 0.4) is 0 Å². The van der Waals surface area contributed by atoms with Crippen molar-refractivity contribution in [3.05, 3.63) is 70.5 Å². The molecule has 0 radical (unpaired) electrons. The van der Waals surface area contributed by atoms with Crippen LogP contribution in [0.5, 0.6) is 0 Å². The fraction of sp³-hybridized carbons (Fsp3) is 0.0526. The Labute approximate surface area is 167 Å². The minimum Gasteiger partial charge on any atom is -0.452 e. The number of rotatable bonds is 6. The molecule has 1 heterocycles. The average Bonchev–Trinajstić information content (AvgIpc) is 3.16. The summed E-state index contributed by atoms with van der Waals surface area (Å²) in [6, 6.07) is 13.2. The van der Waals surface area contributed by atoms with Gasteiger partial charge in [0.25, 0.3) is 5.91 Å². The lowest BCUT2D eigenvalue weighted by molar-refractivity contribution is -0.142. The number of carbonyl (C=O) groups is 2. The number of benzene rings is 2. The first-order valence-electron chi connectivity index (χ1n) is 8.00. The zero-order valence-corrected chi connectivity index (χ0v) is 15.8. The van der Waals surface area contributed by atoms with E-state index < -0.39 is 24.3 Å². The van der Waals surface area contributed by atoms with Crippen LogP contribution < -0.4 is 5.32 Å². The van der Waals surface area contributed by atoms with Gasteiger partial charge in [-0.05, 0) is 36.4 Å². The van der Waals surface area contributed by atoms with E-state index in [1.54, 1.807) is 12.1 Å². The number of hydrogen-bond acceptors (Lipinski definition) is 6. The maximum absolute atomic E-state index is 13.6. The van der Waals surface area contributed by atoms with Crippen molar-refractivity contribution in [3.8, 4) is 11.5 Å². The summed E-state index contributed by atoms with van der Waals surface area (Å²) in [5.41, 5.74) is 0.905. The molecule has 0 spiro atoms. The summed E-state index contributed by atoms with van der Waals surface area (Å²) in [4.78, 5) is 23.5. The number of nitrogens with zero attached hydrogens (tertiary/aromatic N) is 2. The highest BCUT2D eigenvalue weighted by Crippen LogP contribution is 2.19. The summed E-state index contributed by atoms with van der Waals surface area (Å²) in [5.74, 6) is -1.70. The molecule has 0 aliphatic rings. The van der Waals surface area contributed by atoms with E-state index >= 15 is 0 Å². The van der Waals surface area contributed by atoms with Gasteiger partial charge in [0, 0.05) is 21.7 Å². The third kappa shape index (κ3) is 5.34. The third-order valence-electron chi connectivity index (χ3n) is 3.39. The molecule has 0 saturated heterocycles. The number of anilines is 1. The molecule has 0 aliphatic heterocycles. The molecule has 28 heavy (non-hydrogen) atoms. The van der Waals surface area contributed by atoms with Crippen molar-refractivity contribution in [3.63, 3.8) is 0 Å². The lowest BCUT2D eigenvalue weighted by Crippen LogP contribution is -2.20. The van der Waals surface area contributed by atoms with Crippen LogP contribution in [-0.4, -0.2) is 28.7 Å². The van der Waals surface area contributed by atoms with E-state index in [0.29, 0.717) is 10.0 Å². The molecule has 1 amide bonds.